The number of carboxylic acids is 2. The molecule has 8 aromatic carbocycles. The molecule has 12 aromatic rings. The van der Waals surface area contributed by atoms with Crippen LogP contribution in [0.5, 0.6) is 0 Å². The van der Waals surface area contributed by atoms with Gasteiger partial charge in [-0.3, -0.25) is 38.4 Å². The molecule has 0 aliphatic carbocycles. The first kappa shape index (κ1) is 115. The summed E-state index contributed by atoms with van der Waals surface area (Å²) in [4.78, 5) is 163. The fourth-order valence-corrected chi connectivity index (χ4v) is 17.1. The van der Waals surface area contributed by atoms with Gasteiger partial charge in [0.2, 0.25) is 0 Å². The first-order valence-electron chi connectivity index (χ1n) is 40.7. The Bertz CT molecular complexity index is 5450. The van der Waals surface area contributed by atoms with E-state index in [4.69, 9.17) is 15.9 Å². The number of ether oxygens (including phenoxy) is 2. The minimum atomic E-state index is -1.06. The number of methoxy groups -OCH3 is 2. The summed E-state index contributed by atoms with van der Waals surface area (Å²) >= 11 is 12.4. The van der Waals surface area contributed by atoms with Crippen molar-refractivity contribution in [3.8, 4) is 45.0 Å². The molecular formula is C98H108N9NaO17S8. The molecule has 3 amide bonds. The molecule has 10 N–H and O–H groups in total. The van der Waals surface area contributed by atoms with Crippen LogP contribution in [-0.2, 0) is 54.3 Å². The number of carbonyl (C=O) groups is 12. The van der Waals surface area contributed by atoms with Crippen LogP contribution in [0.4, 0.5) is 0 Å². The van der Waals surface area contributed by atoms with E-state index in [1.165, 1.54) is 127 Å². The number of esters is 2. The van der Waals surface area contributed by atoms with Gasteiger partial charge in [-0.2, -0.15) is 47.0 Å². The molecule has 4 atom stereocenters. The number of hydrogen-bond acceptors (Lipinski definition) is 29. The Labute approximate surface area is 830 Å². The minimum Gasteiger partial charge on any atom is -0.870 e. The van der Waals surface area contributed by atoms with Crippen molar-refractivity contribution in [2.24, 2.45) is 11.5 Å². The zero-order valence-electron chi connectivity index (χ0n) is 74.4. The van der Waals surface area contributed by atoms with Crippen molar-refractivity contribution >= 4 is 163 Å². The Morgan fingerprint density at radius 1 is 0.353 bits per heavy atom. The third kappa shape index (κ3) is 38.6. The Morgan fingerprint density at radius 2 is 0.579 bits per heavy atom. The molecule has 0 fully saturated rings. The van der Waals surface area contributed by atoms with Crippen LogP contribution in [0.25, 0.3) is 45.0 Å². The Balaban J connectivity index is 0.000000353. The summed E-state index contributed by atoms with van der Waals surface area (Å²) in [5.74, 6) is -1.08. The number of benzene rings is 8. The van der Waals surface area contributed by atoms with Crippen molar-refractivity contribution in [3.63, 3.8) is 0 Å². The van der Waals surface area contributed by atoms with E-state index in [-0.39, 0.29) is 120 Å². The Kier molecular flexibility index (Phi) is 53.9. The molecule has 4 aromatic heterocycles. The van der Waals surface area contributed by atoms with E-state index in [2.05, 4.69) is 51.1 Å². The van der Waals surface area contributed by atoms with Gasteiger partial charge < -0.3 is 52.6 Å². The zero-order chi connectivity index (χ0) is 94.3. The number of ketones is 5. The summed E-state index contributed by atoms with van der Waals surface area (Å²) in [5, 5.41) is 36.9. The number of carboxylic acid groups (broad SMARTS) is 2. The van der Waals surface area contributed by atoms with Crippen LogP contribution in [0.1, 0.15) is 149 Å². The predicted octanol–water partition coefficient (Wildman–Crippen LogP) is 14.7. The maximum Gasteiger partial charge on any atom is 1.00 e. The number of carbonyl (C=O) groups excluding carboxylic acids is 10. The van der Waals surface area contributed by atoms with E-state index >= 15 is 0 Å². The van der Waals surface area contributed by atoms with Crippen LogP contribution in [0.3, 0.4) is 0 Å². The van der Waals surface area contributed by atoms with Crippen LogP contribution in [-0.4, -0.2) is 200 Å². The van der Waals surface area contributed by atoms with Gasteiger partial charge in [0.25, 0.3) is 17.7 Å². The Hall–Kier alpha value is -10.8. The summed E-state index contributed by atoms with van der Waals surface area (Å²) in [7, 11) is 4.07. The molecule has 35 heteroatoms. The molecule has 696 valence electrons. The van der Waals surface area contributed by atoms with Crippen molar-refractivity contribution < 1.29 is 112 Å². The standard InChI is InChI=1S/C25H26N2O3S2.C24H24N2O4S2.C23H22N2O4S2.C15H18N2OS2.C9H8O4.CH5N.CH4.Na.H2O/c1-3-22(28)18-9-11-19(12-10-18)25(30)27-20(13-14-31-2)23(29)15-24-26-21(16-32-24)17-7-5-4-6-8-17;1-30-24(29)18-10-8-17(9-11-18)23(28)26-19(12-13-31-2)21(27)14-22-25-20(15-32-22)16-6-4-3-5-7-16;1-30-12-11-18(25-22(27)16-7-9-17(10-8-16)23(28)29)20(26)13-21-24-19(14-31-21)15-5-3-2-4-6-15;1-19-8-7-12(16)14(18)9-15-17-13(10-20-15)11-5-3-2-4-6-11;1-13-9(12)7-4-2-6(3-5-7)8(10)11;1-2;;;/h4-12,16,20H,3,13-15H2,1-2H3,(H,27,30);3-11,15,19H,12-14H2,1-2H3,(H,26,28);2-10,14,18H,11-13H2,1H3,(H,25,27)(H,28,29);2-6,10,12H,7-9,16H2,1H3;2-5H,1H3,(H,10,11);2H2,1H3;1H4;;1H2/q;;;;;;;+1;/p-1/t20-;19-;18-;12-;;;;;/m0000...../s1. The monoisotopic (exact) mass is 1960 g/mol. The van der Waals surface area contributed by atoms with Gasteiger partial charge in [-0.1, -0.05) is 148 Å². The third-order valence-electron chi connectivity index (χ3n) is 19.1. The number of thioether (sulfide) groups is 4. The van der Waals surface area contributed by atoms with Crippen LogP contribution in [0, 0.1) is 0 Å². The molecular weight excluding hydrogens is 1850 g/mol. The largest absolute Gasteiger partial charge is 1.00 e. The first-order valence-corrected chi connectivity index (χ1v) is 49.8. The van der Waals surface area contributed by atoms with Gasteiger partial charge in [0.1, 0.15) is 20.0 Å². The van der Waals surface area contributed by atoms with Gasteiger partial charge in [0.15, 0.2) is 28.9 Å². The van der Waals surface area contributed by atoms with E-state index in [9.17, 15) is 57.5 Å². The van der Waals surface area contributed by atoms with Crippen LogP contribution in [0.15, 0.2) is 240 Å². The Morgan fingerprint density at radius 3 is 0.812 bits per heavy atom. The van der Waals surface area contributed by atoms with Crippen molar-refractivity contribution in [2.75, 3.05) is 69.3 Å². The molecule has 0 radical (unpaired) electrons. The van der Waals surface area contributed by atoms with E-state index in [1.807, 2.05) is 168 Å². The fourth-order valence-electron chi connectivity index (χ4n) is 11.9. The number of aromatic nitrogens is 4. The van der Waals surface area contributed by atoms with Crippen LogP contribution >= 0.6 is 92.4 Å². The zero-order valence-corrected chi connectivity index (χ0v) is 82.9. The third-order valence-corrected chi connectivity index (χ3v) is 25.0. The van der Waals surface area contributed by atoms with Gasteiger partial charge in [0, 0.05) is 72.4 Å². The normalized spacial score (nSPS) is 11.1. The summed E-state index contributed by atoms with van der Waals surface area (Å²) in [6.45, 7) is 1.80. The molecule has 26 nitrogen and oxygen atoms in total. The molecule has 0 aliphatic rings. The molecule has 0 aliphatic heterocycles. The number of thiazole rings is 4. The number of Topliss-reactive ketones (excluding diaryl/α,β-unsaturated/α-hetero) is 5. The number of rotatable bonds is 40. The quantitative estimate of drug-likeness (QED) is 0.0107. The number of amides is 3. The average Bonchev–Trinajstić information content (AvgIpc) is 1.38. The molecule has 0 spiro atoms. The number of nitrogens with one attached hydrogen (secondary N) is 3. The van der Waals surface area contributed by atoms with E-state index < -0.39 is 47.9 Å². The molecule has 0 saturated carbocycles. The minimum absolute atomic E-state index is 0. The molecule has 133 heavy (non-hydrogen) atoms. The molecule has 0 saturated heterocycles. The van der Waals surface area contributed by atoms with Crippen molar-refractivity contribution in [1.82, 2.24) is 35.9 Å². The molecule has 0 bridgehead atoms. The summed E-state index contributed by atoms with van der Waals surface area (Å²) in [5.41, 5.74) is 20.6. The van der Waals surface area contributed by atoms with E-state index in [1.54, 1.807) is 90.4 Å². The summed E-state index contributed by atoms with van der Waals surface area (Å²) in [6, 6.07) is 61.1. The number of aromatic carboxylic acids is 2. The topological polar surface area (TPSA) is 433 Å². The molecule has 0 unspecified atom stereocenters. The number of nitrogens with two attached hydrogens (primary N) is 2. The maximum absolute atomic E-state index is 13.0. The SMILES string of the molecule is C.CCC(=O)c1ccc(C(=O)N[C@@H](CCSC)C(=O)Cc2nc(-c3ccccc3)cs2)cc1.CN.COC(=O)c1ccc(C(=O)N[C@@H](CCSC)C(=O)Cc2nc(-c3ccccc3)cs2)cc1.COC(=O)c1ccc(C(=O)O)cc1.CSCC[C@H](N)C(=O)Cc1nc(-c2ccccc2)cs1.CSCC[C@H](NC(=O)c1ccc(C(=O)O)cc1)C(=O)Cc1nc(-c2ccccc2)cs1.[Na+].[OH-]. The van der Waals surface area contributed by atoms with Gasteiger partial charge >= 0.3 is 53.4 Å². The fraction of sp³-hybridized carbons (Fsp3) is 0.265. The van der Waals surface area contributed by atoms with E-state index in [0.29, 0.717) is 70.5 Å². The second-order valence-corrected chi connectivity index (χ2v) is 35.7. The second kappa shape index (κ2) is 62.6. The number of nitrogens with zero attached hydrogens (tertiary/aromatic N) is 4. The second-order valence-electron chi connectivity index (χ2n) is 28.0. The maximum atomic E-state index is 13.0. The smallest absolute Gasteiger partial charge is 0.870 e. The van der Waals surface area contributed by atoms with Gasteiger partial charge in [-0.25, -0.2) is 39.1 Å². The van der Waals surface area contributed by atoms with Gasteiger partial charge in [-0.05, 0) is 166 Å². The number of hydrogen-bond donors (Lipinski definition) is 7. The summed E-state index contributed by atoms with van der Waals surface area (Å²) in [6.07, 6.45) is 11.5. The first-order chi connectivity index (χ1) is 62.8. The van der Waals surface area contributed by atoms with Crippen LogP contribution in [0.2, 0.25) is 0 Å². The van der Waals surface area contributed by atoms with Crippen LogP contribution < -0.4 is 57.0 Å². The average molecular weight is 1960 g/mol. The van der Waals surface area contributed by atoms with Crippen molar-refractivity contribution in [2.45, 2.75) is 96.3 Å². The van der Waals surface area contributed by atoms with Crippen molar-refractivity contribution in [1.29, 1.82) is 0 Å². The van der Waals surface area contributed by atoms with Crippen molar-refractivity contribution in [3.05, 3.63) is 304 Å². The predicted molar refractivity (Wildman–Crippen MR) is 535 cm³/mol. The molecule has 4 heterocycles. The van der Waals surface area contributed by atoms with Gasteiger partial charge in [-0.15, -0.1) is 45.3 Å². The van der Waals surface area contributed by atoms with Gasteiger partial charge in [0.05, 0.1) is 109 Å². The molecule has 12 rings (SSSR count). The summed E-state index contributed by atoms with van der Waals surface area (Å²) < 4.78 is 9.12. The van der Waals surface area contributed by atoms with E-state index in [0.717, 1.165) is 89.5 Å².